The molecule has 0 spiro atoms. The third-order valence-corrected chi connectivity index (χ3v) is 10.4. The molecule has 0 aliphatic carbocycles. The van der Waals surface area contributed by atoms with Crippen LogP contribution in [0.4, 0.5) is 5.13 Å². The SMILES string of the molecule is CCN(Cc1ccccc1)S(=O)(=O)c1ccc(C(=O)N(/N=C/c2coc3ccccc3c2=O)c2nc3ccc(Br)cc3s2)cc1. The van der Waals surface area contributed by atoms with E-state index in [2.05, 4.69) is 26.0 Å². The quantitative estimate of drug-likeness (QED) is 0.118. The average molecular weight is 702 g/mol. The Labute approximate surface area is 271 Å². The van der Waals surface area contributed by atoms with Gasteiger partial charge in [-0.25, -0.2) is 13.4 Å². The Morgan fingerprint density at radius 2 is 1.73 bits per heavy atom. The monoisotopic (exact) mass is 700 g/mol. The maximum Gasteiger partial charge on any atom is 0.280 e. The smallest absolute Gasteiger partial charge is 0.280 e. The number of rotatable bonds is 9. The van der Waals surface area contributed by atoms with Crippen LogP contribution < -0.4 is 10.4 Å². The van der Waals surface area contributed by atoms with E-state index in [1.54, 1.807) is 31.2 Å². The van der Waals surface area contributed by atoms with Gasteiger partial charge >= 0.3 is 0 Å². The molecule has 1 amide bonds. The molecule has 0 saturated heterocycles. The second kappa shape index (κ2) is 12.9. The summed E-state index contributed by atoms with van der Waals surface area (Å²) in [4.78, 5) is 31.7. The van der Waals surface area contributed by atoms with Crippen molar-refractivity contribution in [3.63, 3.8) is 0 Å². The highest BCUT2D eigenvalue weighted by atomic mass is 79.9. The van der Waals surface area contributed by atoms with E-state index in [4.69, 9.17) is 4.42 Å². The van der Waals surface area contributed by atoms with Gasteiger partial charge in [-0.2, -0.15) is 14.4 Å². The molecule has 12 heteroatoms. The standard InChI is InChI=1S/C33H25BrN4O5S2/c1-2-37(20-22-8-4-3-5-9-22)45(41,42)26-15-12-23(13-16-26)32(40)38(33-36-28-17-14-25(34)18-30(28)44-33)35-19-24-21-43-29-11-7-6-10-27(29)31(24)39/h3-19,21H,2,20H2,1H3/b35-19+. The number of carbonyl (C=O) groups excluding carboxylic acids is 1. The van der Waals surface area contributed by atoms with Gasteiger partial charge in [-0.15, -0.1) is 0 Å². The number of hydrazone groups is 1. The van der Waals surface area contributed by atoms with Gasteiger partial charge in [0, 0.05) is 23.1 Å². The molecule has 0 unspecified atom stereocenters. The minimum Gasteiger partial charge on any atom is -0.463 e. The van der Waals surface area contributed by atoms with E-state index in [0.717, 1.165) is 19.7 Å². The minimum atomic E-state index is -3.84. The van der Waals surface area contributed by atoms with Crippen LogP contribution in [0.2, 0.25) is 0 Å². The van der Waals surface area contributed by atoms with Crippen molar-refractivity contribution in [1.29, 1.82) is 0 Å². The summed E-state index contributed by atoms with van der Waals surface area (Å²) in [6.07, 6.45) is 2.56. The zero-order chi connectivity index (χ0) is 31.6. The zero-order valence-electron chi connectivity index (χ0n) is 23.8. The first-order chi connectivity index (χ1) is 21.7. The van der Waals surface area contributed by atoms with Crippen LogP contribution in [0.3, 0.4) is 0 Å². The molecule has 2 aromatic heterocycles. The molecular formula is C33H25BrN4O5S2. The van der Waals surface area contributed by atoms with Gasteiger partial charge in [0.25, 0.3) is 5.91 Å². The van der Waals surface area contributed by atoms with Gasteiger partial charge in [0.15, 0.2) is 0 Å². The van der Waals surface area contributed by atoms with Crippen molar-refractivity contribution >= 4 is 75.7 Å². The summed E-state index contributed by atoms with van der Waals surface area (Å²) < 4.78 is 35.6. The van der Waals surface area contributed by atoms with Crippen molar-refractivity contribution < 1.29 is 17.6 Å². The summed E-state index contributed by atoms with van der Waals surface area (Å²) in [7, 11) is -3.84. The first-order valence-corrected chi connectivity index (χ1v) is 16.9. The van der Waals surface area contributed by atoms with Crippen LogP contribution in [0.25, 0.3) is 21.2 Å². The lowest BCUT2D eigenvalue weighted by Crippen LogP contribution is -2.30. The van der Waals surface area contributed by atoms with E-state index < -0.39 is 15.9 Å². The lowest BCUT2D eigenvalue weighted by Gasteiger charge is -2.21. The Hall–Kier alpha value is -4.49. The number of anilines is 1. The molecule has 0 N–H and O–H groups in total. The predicted molar refractivity (Wildman–Crippen MR) is 180 cm³/mol. The number of nitrogens with zero attached hydrogens (tertiary/aromatic N) is 4. The molecule has 0 atom stereocenters. The topological polar surface area (TPSA) is 113 Å². The van der Waals surface area contributed by atoms with Gasteiger partial charge in [-0.3, -0.25) is 9.59 Å². The van der Waals surface area contributed by atoms with E-state index in [1.807, 2.05) is 48.5 Å². The number of thiazole rings is 1. The van der Waals surface area contributed by atoms with Crippen LogP contribution in [-0.2, 0) is 16.6 Å². The Morgan fingerprint density at radius 1 is 1.00 bits per heavy atom. The summed E-state index contributed by atoms with van der Waals surface area (Å²) in [5.41, 5.74) is 2.00. The van der Waals surface area contributed by atoms with E-state index in [1.165, 1.54) is 52.4 Å². The molecule has 226 valence electrons. The van der Waals surface area contributed by atoms with E-state index in [0.29, 0.717) is 16.5 Å². The number of amides is 1. The van der Waals surface area contributed by atoms with Crippen LogP contribution in [0, 0.1) is 0 Å². The Balaban J connectivity index is 1.34. The van der Waals surface area contributed by atoms with Gasteiger partial charge in [0.2, 0.25) is 20.6 Å². The molecule has 4 aromatic carbocycles. The lowest BCUT2D eigenvalue weighted by atomic mass is 10.2. The highest BCUT2D eigenvalue weighted by Crippen LogP contribution is 2.32. The number of sulfonamides is 1. The third kappa shape index (κ3) is 6.36. The van der Waals surface area contributed by atoms with Gasteiger partial charge in [0.1, 0.15) is 11.8 Å². The highest BCUT2D eigenvalue weighted by Gasteiger charge is 2.26. The molecule has 0 aliphatic heterocycles. The third-order valence-electron chi connectivity index (χ3n) is 7.03. The van der Waals surface area contributed by atoms with Crippen LogP contribution in [0.1, 0.15) is 28.4 Å². The fourth-order valence-electron chi connectivity index (χ4n) is 4.66. The van der Waals surface area contributed by atoms with Gasteiger partial charge in [0.05, 0.1) is 32.3 Å². The maximum atomic E-state index is 13.9. The number of halogens is 1. The van der Waals surface area contributed by atoms with Crippen LogP contribution >= 0.6 is 27.3 Å². The summed E-state index contributed by atoms with van der Waals surface area (Å²) in [6, 6.07) is 27.5. The summed E-state index contributed by atoms with van der Waals surface area (Å²) in [5, 5.41) is 6.15. The highest BCUT2D eigenvalue weighted by molar-refractivity contribution is 9.10. The van der Waals surface area contributed by atoms with Crippen molar-refractivity contribution in [3.05, 3.63) is 135 Å². The molecule has 45 heavy (non-hydrogen) atoms. The number of benzene rings is 4. The zero-order valence-corrected chi connectivity index (χ0v) is 27.1. The fourth-order valence-corrected chi connectivity index (χ4v) is 7.57. The van der Waals surface area contributed by atoms with Gasteiger partial charge < -0.3 is 4.42 Å². The Morgan fingerprint density at radius 3 is 2.49 bits per heavy atom. The Bertz CT molecular complexity index is 2220. The molecule has 0 aliphatic rings. The molecule has 6 aromatic rings. The van der Waals surface area contributed by atoms with Crippen molar-refractivity contribution in [2.75, 3.05) is 11.6 Å². The van der Waals surface area contributed by atoms with E-state index >= 15 is 0 Å². The van der Waals surface area contributed by atoms with Gasteiger partial charge in [-0.05, 0) is 60.2 Å². The van der Waals surface area contributed by atoms with Crippen LogP contribution in [0.5, 0.6) is 0 Å². The van der Waals surface area contributed by atoms with Gasteiger partial charge in [-0.1, -0.05) is 76.7 Å². The van der Waals surface area contributed by atoms with E-state index in [9.17, 15) is 18.0 Å². The Kier molecular flexibility index (Phi) is 8.72. The molecule has 2 heterocycles. The molecular weight excluding hydrogens is 676 g/mol. The number of hydrogen-bond acceptors (Lipinski definition) is 8. The molecule has 0 saturated carbocycles. The van der Waals surface area contributed by atoms with Crippen molar-refractivity contribution in [3.8, 4) is 0 Å². The summed E-state index contributed by atoms with van der Waals surface area (Å²) in [6.45, 7) is 2.27. The molecule has 9 nitrogen and oxygen atoms in total. The lowest BCUT2D eigenvalue weighted by molar-refractivity contribution is 0.0987. The minimum absolute atomic E-state index is 0.0606. The maximum absolute atomic E-state index is 13.9. The number of carbonyl (C=O) groups is 1. The summed E-state index contributed by atoms with van der Waals surface area (Å²) >= 11 is 4.71. The molecule has 6 rings (SSSR count). The predicted octanol–water partition coefficient (Wildman–Crippen LogP) is 7.06. The summed E-state index contributed by atoms with van der Waals surface area (Å²) in [5.74, 6) is -0.560. The number of fused-ring (bicyclic) bond motifs is 2. The van der Waals surface area contributed by atoms with Crippen LogP contribution in [0.15, 0.2) is 127 Å². The average Bonchev–Trinajstić information content (AvgIpc) is 3.48. The second-order valence-corrected chi connectivity index (χ2v) is 13.8. The molecule has 0 fully saturated rings. The largest absolute Gasteiger partial charge is 0.463 e. The fraction of sp³-hybridized carbons (Fsp3) is 0.0909. The van der Waals surface area contributed by atoms with Crippen molar-refractivity contribution in [2.24, 2.45) is 5.10 Å². The van der Waals surface area contributed by atoms with Crippen molar-refractivity contribution in [1.82, 2.24) is 9.29 Å². The number of para-hydroxylation sites is 1. The first-order valence-electron chi connectivity index (χ1n) is 13.8. The van der Waals surface area contributed by atoms with Crippen LogP contribution in [-0.4, -0.2) is 36.4 Å². The van der Waals surface area contributed by atoms with Crippen molar-refractivity contribution in [2.45, 2.75) is 18.4 Å². The second-order valence-electron chi connectivity index (χ2n) is 9.93. The first kappa shape index (κ1) is 30.5. The molecule has 0 radical (unpaired) electrons. The number of hydrogen-bond donors (Lipinski definition) is 0. The normalized spacial score (nSPS) is 12.0. The van der Waals surface area contributed by atoms with E-state index in [-0.39, 0.29) is 39.7 Å². The molecule has 0 bridgehead atoms. The number of aromatic nitrogens is 1.